The number of anilines is 1. The van der Waals surface area contributed by atoms with E-state index in [0.29, 0.717) is 16.1 Å². The first-order valence-electron chi connectivity index (χ1n) is 9.61. The number of nitrogens with one attached hydrogen (secondary N) is 1. The zero-order valence-electron chi connectivity index (χ0n) is 17.4. The molecule has 1 aromatic carbocycles. The summed E-state index contributed by atoms with van der Waals surface area (Å²) in [7, 11) is 0. The predicted molar refractivity (Wildman–Crippen MR) is 114 cm³/mol. The van der Waals surface area contributed by atoms with Crippen LogP contribution in [0.15, 0.2) is 0 Å². The summed E-state index contributed by atoms with van der Waals surface area (Å²) in [6.45, 7) is 9.33. The fraction of sp³-hybridized carbons (Fsp3) is 0.409. The Morgan fingerprint density at radius 2 is 1.52 bits per heavy atom. The molecule has 2 aromatic rings. The van der Waals surface area contributed by atoms with Crippen molar-refractivity contribution in [2.75, 3.05) is 11.9 Å². The number of carbonyl (C=O) groups is 3. The first-order valence-corrected chi connectivity index (χ1v) is 10.4. The van der Waals surface area contributed by atoms with Gasteiger partial charge in [0.1, 0.15) is 5.00 Å². The SMILES string of the molecule is Cc1c(C)c(C)c(C(=O)OCC(=O)Nc2sc3c(c2C(N)=O)CCC3)c(C)c1C. The molecule has 3 rings (SSSR count). The highest BCUT2D eigenvalue weighted by atomic mass is 32.1. The van der Waals surface area contributed by atoms with Gasteiger partial charge in [-0.1, -0.05) is 0 Å². The van der Waals surface area contributed by atoms with Gasteiger partial charge >= 0.3 is 5.97 Å². The second-order valence-electron chi connectivity index (χ2n) is 7.55. The molecule has 1 aliphatic carbocycles. The zero-order chi connectivity index (χ0) is 21.5. The Balaban J connectivity index is 1.73. The number of rotatable bonds is 5. The summed E-state index contributed by atoms with van der Waals surface area (Å²) in [5, 5.41) is 3.13. The quantitative estimate of drug-likeness (QED) is 0.729. The van der Waals surface area contributed by atoms with Crippen LogP contribution in [0, 0.1) is 34.6 Å². The second kappa shape index (κ2) is 7.99. The molecule has 2 amide bonds. The van der Waals surface area contributed by atoms with Crippen molar-refractivity contribution in [3.8, 4) is 0 Å². The molecule has 1 aromatic heterocycles. The molecular weight excluding hydrogens is 388 g/mol. The van der Waals surface area contributed by atoms with Crippen molar-refractivity contribution in [1.82, 2.24) is 0 Å². The summed E-state index contributed by atoms with van der Waals surface area (Å²) in [5.74, 6) is -1.56. The normalized spacial score (nSPS) is 12.6. The predicted octanol–water partition coefficient (Wildman–Crippen LogP) is 3.67. The Morgan fingerprint density at radius 3 is 2.10 bits per heavy atom. The first-order chi connectivity index (χ1) is 13.6. The van der Waals surface area contributed by atoms with Gasteiger partial charge in [0, 0.05) is 4.88 Å². The molecule has 0 fully saturated rings. The van der Waals surface area contributed by atoms with Crippen LogP contribution in [0.5, 0.6) is 0 Å². The lowest BCUT2D eigenvalue weighted by Gasteiger charge is -2.17. The van der Waals surface area contributed by atoms with Crippen molar-refractivity contribution in [1.29, 1.82) is 0 Å². The van der Waals surface area contributed by atoms with Crippen LogP contribution in [-0.2, 0) is 22.4 Å². The van der Waals surface area contributed by atoms with Crippen LogP contribution >= 0.6 is 11.3 Å². The van der Waals surface area contributed by atoms with Gasteiger partial charge in [0.15, 0.2) is 6.61 Å². The lowest BCUT2D eigenvalue weighted by atomic mass is 9.90. The summed E-state index contributed by atoms with van der Waals surface area (Å²) < 4.78 is 5.29. The minimum absolute atomic E-state index is 0.388. The summed E-state index contributed by atoms with van der Waals surface area (Å²) >= 11 is 1.37. The molecule has 154 valence electrons. The molecular formula is C22H26N2O4S. The third kappa shape index (κ3) is 3.79. The molecule has 0 saturated heterocycles. The van der Waals surface area contributed by atoms with Crippen LogP contribution in [0.25, 0.3) is 0 Å². The lowest BCUT2D eigenvalue weighted by Crippen LogP contribution is -2.23. The summed E-state index contributed by atoms with van der Waals surface area (Å²) in [6, 6.07) is 0. The molecule has 7 heteroatoms. The van der Waals surface area contributed by atoms with E-state index in [1.165, 1.54) is 11.3 Å². The molecule has 0 spiro atoms. The second-order valence-corrected chi connectivity index (χ2v) is 8.66. The highest BCUT2D eigenvalue weighted by molar-refractivity contribution is 7.17. The molecule has 0 bridgehead atoms. The van der Waals surface area contributed by atoms with Gasteiger partial charge in [-0.25, -0.2) is 4.79 Å². The van der Waals surface area contributed by atoms with E-state index in [9.17, 15) is 14.4 Å². The minimum atomic E-state index is -0.548. The summed E-state index contributed by atoms with van der Waals surface area (Å²) in [4.78, 5) is 38.0. The van der Waals surface area contributed by atoms with E-state index >= 15 is 0 Å². The Labute approximate surface area is 174 Å². The van der Waals surface area contributed by atoms with Crippen LogP contribution in [0.2, 0.25) is 0 Å². The zero-order valence-corrected chi connectivity index (χ0v) is 18.3. The van der Waals surface area contributed by atoms with E-state index in [4.69, 9.17) is 10.5 Å². The number of aryl methyl sites for hydroxylation is 1. The van der Waals surface area contributed by atoms with Crippen LogP contribution < -0.4 is 11.1 Å². The number of esters is 1. The molecule has 0 saturated carbocycles. The number of primary amides is 1. The van der Waals surface area contributed by atoms with E-state index in [1.54, 1.807) is 0 Å². The molecule has 3 N–H and O–H groups in total. The summed E-state index contributed by atoms with van der Waals surface area (Å²) in [6.07, 6.45) is 2.66. The van der Waals surface area contributed by atoms with Gasteiger partial charge in [-0.15, -0.1) is 11.3 Å². The maximum absolute atomic E-state index is 12.7. The first kappa shape index (κ1) is 21.0. The van der Waals surface area contributed by atoms with E-state index in [1.807, 2.05) is 34.6 Å². The fourth-order valence-electron chi connectivity index (χ4n) is 3.93. The lowest BCUT2D eigenvalue weighted by molar-refractivity contribution is -0.119. The van der Waals surface area contributed by atoms with Crippen molar-refractivity contribution < 1.29 is 19.1 Å². The van der Waals surface area contributed by atoms with Crippen molar-refractivity contribution >= 4 is 34.1 Å². The molecule has 0 atom stereocenters. The molecule has 0 radical (unpaired) electrons. The Bertz CT molecular complexity index is 1010. The van der Waals surface area contributed by atoms with Crippen molar-refractivity contribution in [3.63, 3.8) is 0 Å². The molecule has 0 unspecified atom stereocenters. The minimum Gasteiger partial charge on any atom is -0.452 e. The molecule has 1 heterocycles. The van der Waals surface area contributed by atoms with Crippen molar-refractivity contribution in [3.05, 3.63) is 49.4 Å². The monoisotopic (exact) mass is 414 g/mol. The third-order valence-electron chi connectivity index (χ3n) is 5.96. The van der Waals surface area contributed by atoms with Crippen LogP contribution in [-0.4, -0.2) is 24.4 Å². The third-order valence-corrected chi connectivity index (χ3v) is 7.17. The van der Waals surface area contributed by atoms with Gasteiger partial charge in [-0.05, 0) is 87.3 Å². The number of amides is 2. The van der Waals surface area contributed by atoms with Crippen LogP contribution in [0.1, 0.15) is 65.4 Å². The van der Waals surface area contributed by atoms with Gasteiger partial charge in [-0.2, -0.15) is 0 Å². The van der Waals surface area contributed by atoms with Crippen molar-refractivity contribution in [2.24, 2.45) is 5.73 Å². The van der Waals surface area contributed by atoms with Gasteiger partial charge in [-0.3, -0.25) is 9.59 Å². The van der Waals surface area contributed by atoms with Crippen LogP contribution in [0.4, 0.5) is 5.00 Å². The van der Waals surface area contributed by atoms with E-state index in [0.717, 1.165) is 57.5 Å². The number of benzene rings is 1. The maximum atomic E-state index is 12.7. The smallest absolute Gasteiger partial charge is 0.339 e. The largest absolute Gasteiger partial charge is 0.452 e. The maximum Gasteiger partial charge on any atom is 0.339 e. The Kier molecular flexibility index (Phi) is 5.80. The van der Waals surface area contributed by atoms with E-state index < -0.39 is 24.4 Å². The molecule has 0 aliphatic heterocycles. The van der Waals surface area contributed by atoms with Gasteiger partial charge in [0.05, 0.1) is 11.1 Å². The van der Waals surface area contributed by atoms with E-state index in [-0.39, 0.29) is 0 Å². The Hall–Kier alpha value is -2.67. The number of hydrogen-bond donors (Lipinski definition) is 2. The number of nitrogens with two attached hydrogens (primary N) is 1. The Morgan fingerprint density at radius 1 is 0.931 bits per heavy atom. The van der Waals surface area contributed by atoms with Crippen LogP contribution in [0.3, 0.4) is 0 Å². The van der Waals surface area contributed by atoms with E-state index in [2.05, 4.69) is 5.32 Å². The van der Waals surface area contributed by atoms with Gasteiger partial charge in [0.25, 0.3) is 11.8 Å². The average molecular weight is 415 g/mol. The fourth-order valence-corrected chi connectivity index (χ4v) is 5.24. The average Bonchev–Trinajstić information content (AvgIpc) is 3.23. The molecule has 6 nitrogen and oxygen atoms in total. The number of carbonyl (C=O) groups excluding carboxylic acids is 3. The standard InChI is InChI=1S/C22H26N2O4S/c1-10-11(2)13(4)18(14(5)12(10)3)22(27)28-9-17(25)24-21-19(20(23)26)15-7-6-8-16(15)29-21/h6-9H2,1-5H3,(H2,23,26)(H,24,25). The number of ether oxygens (including phenoxy) is 1. The topological polar surface area (TPSA) is 98.5 Å². The molecule has 29 heavy (non-hydrogen) atoms. The van der Waals surface area contributed by atoms with Crippen molar-refractivity contribution in [2.45, 2.75) is 53.9 Å². The summed E-state index contributed by atoms with van der Waals surface area (Å²) in [5.41, 5.74) is 12.3. The number of fused-ring (bicyclic) bond motifs is 1. The van der Waals surface area contributed by atoms with Gasteiger partial charge in [0.2, 0.25) is 0 Å². The number of hydrogen-bond acceptors (Lipinski definition) is 5. The highest BCUT2D eigenvalue weighted by Gasteiger charge is 2.26. The highest BCUT2D eigenvalue weighted by Crippen LogP contribution is 2.38. The molecule has 1 aliphatic rings. The van der Waals surface area contributed by atoms with Gasteiger partial charge < -0.3 is 15.8 Å². The number of thiophene rings is 1.